The van der Waals surface area contributed by atoms with E-state index in [1.807, 2.05) is 6.07 Å². The van der Waals surface area contributed by atoms with Crippen molar-refractivity contribution in [1.29, 1.82) is 0 Å². The van der Waals surface area contributed by atoms with E-state index in [1.165, 1.54) is 0 Å². The Labute approximate surface area is 106 Å². The van der Waals surface area contributed by atoms with Gasteiger partial charge in [0.2, 0.25) is 0 Å². The molecule has 0 saturated heterocycles. The number of furan rings is 1. The summed E-state index contributed by atoms with van der Waals surface area (Å²) in [6.07, 6.45) is 4.46. The number of hydrogen-bond donors (Lipinski definition) is 1. The average molecular weight is 250 g/mol. The first kappa shape index (κ1) is 12.6. The molecule has 0 radical (unpaired) electrons. The molecule has 0 saturated carbocycles. The highest BCUT2D eigenvalue weighted by atomic mass is 16.5. The summed E-state index contributed by atoms with van der Waals surface area (Å²) in [7, 11) is 1.80. The van der Waals surface area contributed by atoms with Gasteiger partial charge in [0.05, 0.1) is 6.26 Å². The third kappa shape index (κ3) is 3.59. The van der Waals surface area contributed by atoms with Gasteiger partial charge in [-0.25, -0.2) is 0 Å². The standard InChI is InChI=1S/C12H18N4O2/c1-3-4-13-6-10-5-11(17-7-10)8-18-12-14-9-16(2)15-12/h5,7,9,13H,3-4,6,8H2,1-2H3. The maximum absolute atomic E-state index is 5.40. The molecule has 0 aliphatic heterocycles. The molecule has 0 aliphatic rings. The summed E-state index contributed by atoms with van der Waals surface area (Å²) in [4.78, 5) is 3.97. The molecule has 2 aromatic heterocycles. The molecule has 0 bridgehead atoms. The molecule has 0 aromatic carbocycles. The zero-order chi connectivity index (χ0) is 12.8. The van der Waals surface area contributed by atoms with E-state index in [0.717, 1.165) is 30.8 Å². The minimum absolute atomic E-state index is 0.345. The predicted molar refractivity (Wildman–Crippen MR) is 66.0 cm³/mol. The molecule has 0 amide bonds. The minimum atomic E-state index is 0.345. The molecule has 18 heavy (non-hydrogen) atoms. The largest absolute Gasteiger partial charge is 0.465 e. The first-order chi connectivity index (χ1) is 8.78. The van der Waals surface area contributed by atoms with Gasteiger partial charge < -0.3 is 14.5 Å². The van der Waals surface area contributed by atoms with Gasteiger partial charge in [0, 0.05) is 19.2 Å². The van der Waals surface area contributed by atoms with Crippen LogP contribution in [-0.4, -0.2) is 21.3 Å². The van der Waals surface area contributed by atoms with E-state index in [1.54, 1.807) is 24.3 Å². The third-order valence-corrected chi connectivity index (χ3v) is 2.39. The fourth-order valence-electron chi connectivity index (χ4n) is 1.53. The van der Waals surface area contributed by atoms with Crippen LogP contribution in [0.2, 0.25) is 0 Å². The lowest BCUT2D eigenvalue weighted by Gasteiger charge is -1.98. The van der Waals surface area contributed by atoms with Crippen LogP contribution >= 0.6 is 0 Å². The number of nitrogens with one attached hydrogen (secondary N) is 1. The molecule has 6 heteroatoms. The highest BCUT2D eigenvalue weighted by molar-refractivity contribution is 5.12. The topological polar surface area (TPSA) is 65.1 Å². The third-order valence-electron chi connectivity index (χ3n) is 2.39. The van der Waals surface area contributed by atoms with E-state index < -0.39 is 0 Å². The summed E-state index contributed by atoms with van der Waals surface area (Å²) < 4.78 is 12.4. The molecule has 6 nitrogen and oxygen atoms in total. The van der Waals surface area contributed by atoms with Crippen molar-refractivity contribution in [2.24, 2.45) is 7.05 Å². The van der Waals surface area contributed by atoms with Crippen LogP contribution in [0.15, 0.2) is 23.1 Å². The molecule has 0 atom stereocenters. The highest BCUT2D eigenvalue weighted by Gasteiger charge is 2.04. The molecular weight excluding hydrogens is 232 g/mol. The first-order valence-corrected chi connectivity index (χ1v) is 6.03. The lowest BCUT2D eigenvalue weighted by molar-refractivity contribution is 0.249. The van der Waals surface area contributed by atoms with Crippen LogP contribution < -0.4 is 10.1 Å². The molecule has 0 unspecified atom stereocenters. The summed E-state index contributed by atoms with van der Waals surface area (Å²) >= 11 is 0. The monoisotopic (exact) mass is 250 g/mol. The van der Waals surface area contributed by atoms with Gasteiger partial charge in [-0.15, -0.1) is 5.10 Å². The smallest absolute Gasteiger partial charge is 0.335 e. The number of nitrogens with zero attached hydrogens (tertiary/aromatic N) is 3. The van der Waals surface area contributed by atoms with E-state index in [0.29, 0.717) is 12.6 Å². The number of ether oxygens (including phenoxy) is 1. The predicted octanol–water partition coefficient (Wildman–Crippen LogP) is 1.49. The van der Waals surface area contributed by atoms with Gasteiger partial charge >= 0.3 is 6.01 Å². The van der Waals surface area contributed by atoms with E-state index in [9.17, 15) is 0 Å². The Morgan fingerprint density at radius 1 is 1.50 bits per heavy atom. The fraction of sp³-hybridized carbons (Fsp3) is 0.500. The SMILES string of the molecule is CCCNCc1coc(COc2ncn(C)n2)c1. The quantitative estimate of drug-likeness (QED) is 0.754. The summed E-state index contributed by atoms with van der Waals surface area (Å²) in [5.74, 6) is 0.774. The normalized spacial score (nSPS) is 10.8. The Hall–Kier alpha value is -1.82. The maximum Gasteiger partial charge on any atom is 0.335 e. The van der Waals surface area contributed by atoms with Crippen molar-refractivity contribution < 1.29 is 9.15 Å². The molecule has 2 aromatic rings. The molecule has 0 spiro atoms. The number of hydrogen-bond acceptors (Lipinski definition) is 5. The Morgan fingerprint density at radius 3 is 3.11 bits per heavy atom. The van der Waals surface area contributed by atoms with Crippen LogP contribution in [0.25, 0.3) is 0 Å². The molecule has 0 aliphatic carbocycles. The first-order valence-electron chi connectivity index (χ1n) is 6.03. The second kappa shape index (κ2) is 6.20. The van der Waals surface area contributed by atoms with Gasteiger partial charge in [0.25, 0.3) is 0 Å². The van der Waals surface area contributed by atoms with Crippen LogP contribution in [0.5, 0.6) is 6.01 Å². The Bertz CT molecular complexity index is 478. The number of rotatable bonds is 7. The van der Waals surface area contributed by atoms with Gasteiger partial charge in [-0.1, -0.05) is 6.92 Å². The van der Waals surface area contributed by atoms with Crippen molar-refractivity contribution in [3.63, 3.8) is 0 Å². The number of aryl methyl sites for hydroxylation is 1. The molecule has 98 valence electrons. The van der Waals surface area contributed by atoms with Crippen molar-refractivity contribution in [2.45, 2.75) is 26.5 Å². The minimum Gasteiger partial charge on any atom is -0.465 e. The molecule has 2 heterocycles. The van der Waals surface area contributed by atoms with E-state index in [2.05, 4.69) is 22.3 Å². The summed E-state index contributed by atoms with van der Waals surface area (Å²) in [6.45, 7) is 4.31. The zero-order valence-electron chi connectivity index (χ0n) is 10.7. The van der Waals surface area contributed by atoms with Gasteiger partial charge in [0.15, 0.2) is 0 Å². The average Bonchev–Trinajstić information content (AvgIpc) is 2.96. The van der Waals surface area contributed by atoms with Gasteiger partial charge in [-0.3, -0.25) is 4.68 Å². The van der Waals surface area contributed by atoms with E-state index >= 15 is 0 Å². The van der Waals surface area contributed by atoms with Crippen molar-refractivity contribution in [1.82, 2.24) is 20.1 Å². The van der Waals surface area contributed by atoms with Crippen molar-refractivity contribution in [3.05, 3.63) is 30.0 Å². The maximum atomic E-state index is 5.40. The van der Waals surface area contributed by atoms with Gasteiger partial charge in [0.1, 0.15) is 18.7 Å². The Kier molecular flexibility index (Phi) is 4.35. The van der Waals surface area contributed by atoms with Crippen LogP contribution in [0, 0.1) is 0 Å². The number of aromatic nitrogens is 3. The summed E-state index contributed by atoms with van der Waals surface area (Å²) in [5, 5.41) is 7.34. The van der Waals surface area contributed by atoms with Gasteiger partial charge in [-0.05, 0) is 19.0 Å². The molecule has 2 rings (SSSR count). The van der Waals surface area contributed by atoms with Gasteiger partial charge in [-0.2, -0.15) is 4.98 Å². The molecule has 1 N–H and O–H groups in total. The highest BCUT2D eigenvalue weighted by Crippen LogP contribution is 2.10. The second-order valence-corrected chi connectivity index (χ2v) is 4.09. The fourth-order valence-corrected chi connectivity index (χ4v) is 1.53. The Morgan fingerprint density at radius 2 is 2.39 bits per heavy atom. The van der Waals surface area contributed by atoms with Crippen molar-refractivity contribution in [3.8, 4) is 6.01 Å². The second-order valence-electron chi connectivity index (χ2n) is 4.09. The van der Waals surface area contributed by atoms with Crippen molar-refractivity contribution in [2.75, 3.05) is 6.54 Å². The summed E-state index contributed by atoms with van der Waals surface area (Å²) in [6, 6.07) is 2.34. The lowest BCUT2D eigenvalue weighted by Crippen LogP contribution is -2.13. The van der Waals surface area contributed by atoms with Crippen LogP contribution in [0.1, 0.15) is 24.7 Å². The van der Waals surface area contributed by atoms with Crippen LogP contribution in [-0.2, 0) is 20.2 Å². The molecular formula is C12H18N4O2. The Balaban J connectivity index is 1.79. The van der Waals surface area contributed by atoms with Crippen LogP contribution in [0.3, 0.4) is 0 Å². The van der Waals surface area contributed by atoms with Crippen molar-refractivity contribution >= 4 is 0 Å². The van der Waals surface area contributed by atoms with E-state index in [4.69, 9.17) is 9.15 Å². The zero-order valence-corrected chi connectivity index (χ0v) is 10.7. The van der Waals surface area contributed by atoms with Crippen LogP contribution in [0.4, 0.5) is 0 Å². The molecule has 0 fully saturated rings. The lowest BCUT2D eigenvalue weighted by atomic mass is 10.3. The van der Waals surface area contributed by atoms with E-state index in [-0.39, 0.29) is 0 Å². The summed E-state index contributed by atoms with van der Waals surface area (Å²) in [5.41, 5.74) is 1.12.